The normalized spacial score (nSPS) is 12.0. The largest absolute Gasteiger partial charge is 0.497 e. The number of pyridine rings is 1. The van der Waals surface area contributed by atoms with Gasteiger partial charge in [0.2, 0.25) is 0 Å². The number of hydrogen-bond donors (Lipinski definition) is 2. The summed E-state index contributed by atoms with van der Waals surface area (Å²) in [6.45, 7) is 0.550. The molecule has 1 amide bonds. The van der Waals surface area contributed by atoms with Gasteiger partial charge in [0, 0.05) is 47.1 Å². The van der Waals surface area contributed by atoms with E-state index in [1.165, 1.54) is 16.7 Å². The molecule has 1 aliphatic rings. The molecule has 2 heterocycles. The van der Waals surface area contributed by atoms with Crippen molar-refractivity contribution in [3.8, 4) is 28.3 Å². The van der Waals surface area contributed by atoms with E-state index >= 15 is 0 Å². The lowest BCUT2D eigenvalue weighted by Gasteiger charge is -2.17. The van der Waals surface area contributed by atoms with Crippen molar-refractivity contribution in [3.05, 3.63) is 89.2 Å². The molecule has 2 N–H and O–H groups in total. The van der Waals surface area contributed by atoms with Crippen molar-refractivity contribution in [1.82, 2.24) is 20.5 Å². The number of carbonyl (C=O) groups excluding carboxylic acids is 1. The number of aryl methyl sites for hydroxylation is 1. The Labute approximate surface area is 186 Å². The van der Waals surface area contributed by atoms with Crippen LogP contribution in [0.3, 0.4) is 0 Å². The molecule has 2 aromatic carbocycles. The van der Waals surface area contributed by atoms with Crippen LogP contribution in [0, 0.1) is 0 Å². The number of nitrogens with one attached hydrogen (secondary N) is 2. The number of fused-ring (bicyclic) bond motifs is 3. The van der Waals surface area contributed by atoms with Crippen LogP contribution in [0.2, 0.25) is 0 Å². The average Bonchev–Trinajstić information content (AvgIpc) is 3.29. The van der Waals surface area contributed by atoms with Crippen LogP contribution >= 0.6 is 0 Å². The molecule has 0 fully saturated rings. The standard InChI is InChI=1S/C26H24N4O2/c1-32-21-10-12-22-19(16-21)9-11-23-24(29-30-25(22)23)17-5-7-18(8-6-17)26(31)28-15-13-20-4-2-3-14-27-20/h2-8,10,12,14,16H,9,11,13,15H2,1H3,(H,28,31)(H,29,30). The summed E-state index contributed by atoms with van der Waals surface area (Å²) in [6.07, 6.45) is 4.33. The highest BCUT2D eigenvalue weighted by molar-refractivity contribution is 5.94. The fourth-order valence-corrected chi connectivity index (χ4v) is 4.21. The molecule has 0 spiro atoms. The molecule has 32 heavy (non-hydrogen) atoms. The van der Waals surface area contributed by atoms with Crippen molar-refractivity contribution in [2.75, 3.05) is 13.7 Å². The molecule has 5 rings (SSSR count). The average molecular weight is 425 g/mol. The van der Waals surface area contributed by atoms with Crippen molar-refractivity contribution < 1.29 is 9.53 Å². The molecule has 0 atom stereocenters. The van der Waals surface area contributed by atoms with E-state index in [4.69, 9.17) is 4.74 Å². The van der Waals surface area contributed by atoms with Crippen molar-refractivity contribution in [1.29, 1.82) is 0 Å². The highest BCUT2D eigenvalue weighted by atomic mass is 16.5. The number of aromatic amines is 1. The number of carbonyl (C=O) groups is 1. The molecular formula is C26H24N4O2. The third kappa shape index (κ3) is 3.87. The van der Waals surface area contributed by atoms with Gasteiger partial charge >= 0.3 is 0 Å². The monoisotopic (exact) mass is 424 g/mol. The Hall–Kier alpha value is -3.93. The lowest BCUT2D eigenvalue weighted by Crippen LogP contribution is -2.25. The Kier molecular flexibility index (Phi) is 5.42. The minimum atomic E-state index is -0.0839. The lowest BCUT2D eigenvalue weighted by atomic mass is 9.87. The Balaban J connectivity index is 1.30. The number of amides is 1. The molecule has 6 heteroatoms. The van der Waals surface area contributed by atoms with Crippen LogP contribution in [-0.2, 0) is 19.3 Å². The van der Waals surface area contributed by atoms with Crippen LogP contribution in [0.1, 0.15) is 27.2 Å². The summed E-state index contributed by atoms with van der Waals surface area (Å²) in [5.74, 6) is 0.792. The van der Waals surface area contributed by atoms with E-state index in [0.717, 1.165) is 41.2 Å². The predicted octanol–water partition coefficient (Wildman–Crippen LogP) is 4.22. The number of benzene rings is 2. The topological polar surface area (TPSA) is 79.9 Å². The third-order valence-corrected chi connectivity index (χ3v) is 5.91. The quantitative estimate of drug-likeness (QED) is 0.486. The molecule has 6 nitrogen and oxygen atoms in total. The smallest absolute Gasteiger partial charge is 0.251 e. The van der Waals surface area contributed by atoms with Gasteiger partial charge in [-0.05, 0) is 60.9 Å². The molecule has 160 valence electrons. The SMILES string of the molecule is COc1ccc2c(c1)CCc1c(-c3ccc(C(=O)NCCc4ccccn4)cc3)n[nH]c1-2. The molecule has 4 aromatic rings. The van der Waals surface area contributed by atoms with E-state index in [1.54, 1.807) is 13.3 Å². The second-order valence-electron chi connectivity index (χ2n) is 7.85. The zero-order valence-corrected chi connectivity index (χ0v) is 17.9. The summed E-state index contributed by atoms with van der Waals surface area (Å²) < 4.78 is 5.36. The first-order valence-corrected chi connectivity index (χ1v) is 10.8. The van der Waals surface area contributed by atoms with Gasteiger partial charge in [0.05, 0.1) is 18.5 Å². The zero-order valence-electron chi connectivity index (χ0n) is 17.9. The number of rotatable bonds is 6. The summed E-state index contributed by atoms with van der Waals surface area (Å²) >= 11 is 0. The van der Waals surface area contributed by atoms with Crippen molar-refractivity contribution >= 4 is 5.91 Å². The Bertz CT molecular complexity index is 1250. The highest BCUT2D eigenvalue weighted by Crippen LogP contribution is 2.38. The van der Waals surface area contributed by atoms with E-state index in [9.17, 15) is 4.79 Å². The van der Waals surface area contributed by atoms with Gasteiger partial charge in [0.1, 0.15) is 5.75 Å². The van der Waals surface area contributed by atoms with E-state index in [-0.39, 0.29) is 5.91 Å². The number of aromatic nitrogens is 3. The minimum Gasteiger partial charge on any atom is -0.497 e. The van der Waals surface area contributed by atoms with Crippen molar-refractivity contribution in [2.24, 2.45) is 0 Å². The molecule has 0 saturated carbocycles. The van der Waals surface area contributed by atoms with Crippen molar-refractivity contribution in [3.63, 3.8) is 0 Å². The number of H-pyrrole nitrogens is 1. The van der Waals surface area contributed by atoms with E-state index < -0.39 is 0 Å². The number of ether oxygens (including phenoxy) is 1. The third-order valence-electron chi connectivity index (χ3n) is 5.91. The van der Waals surface area contributed by atoms with E-state index in [1.807, 2.05) is 48.5 Å². The fourth-order valence-electron chi connectivity index (χ4n) is 4.21. The fraction of sp³-hybridized carbons (Fsp3) is 0.192. The summed E-state index contributed by atoms with van der Waals surface area (Å²) in [5, 5.41) is 10.8. The van der Waals surface area contributed by atoms with E-state index in [0.29, 0.717) is 18.5 Å². The van der Waals surface area contributed by atoms with Crippen LogP contribution < -0.4 is 10.1 Å². The van der Waals surface area contributed by atoms with Gasteiger partial charge in [-0.1, -0.05) is 18.2 Å². The van der Waals surface area contributed by atoms with Crippen LogP contribution in [0.4, 0.5) is 0 Å². The summed E-state index contributed by atoms with van der Waals surface area (Å²) in [6, 6.07) is 19.6. The van der Waals surface area contributed by atoms with Gasteiger partial charge < -0.3 is 10.1 Å². The second-order valence-corrected chi connectivity index (χ2v) is 7.85. The Morgan fingerprint density at radius 1 is 1.09 bits per heavy atom. The first-order valence-electron chi connectivity index (χ1n) is 10.8. The van der Waals surface area contributed by atoms with Gasteiger partial charge in [-0.15, -0.1) is 0 Å². The van der Waals surface area contributed by atoms with Crippen molar-refractivity contribution in [2.45, 2.75) is 19.3 Å². The molecule has 2 aromatic heterocycles. The number of methoxy groups -OCH3 is 1. The van der Waals surface area contributed by atoms with Gasteiger partial charge in [0.15, 0.2) is 0 Å². The van der Waals surface area contributed by atoms with E-state index in [2.05, 4.69) is 32.6 Å². The maximum atomic E-state index is 12.5. The van der Waals surface area contributed by atoms with Gasteiger partial charge in [-0.25, -0.2) is 0 Å². The first kappa shape index (κ1) is 20.0. The first-order chi connectivity index (χ1) is 15.7. The van der Waals surface area contributed by atoms with Gasteiger partial charge in [0.25, 0.3) is 5.91 Å². The van der Waals surface area contributed by atoms with Crippen LogP contribution in [0.5, 0.6) is 5.75 Å². The van der Waals surface area contributed by atoms with Crippen LogP contribution in [-0.4, -0.2) is 34.7 Å². The molecule has 0 aliphatic heterocycles. The second kappa shape index (κ2) is 8.67. The summed E-state index contributed by atoms with van der Waals surface area (Å²) in [5.41, 5.74) is 8.28. The number of hydrogen-bond acceptors (Lipinski definition) is 4. The lowest BCUT2D eigenvalue weighted by molar-refractivity contribution is 0.0954. The highest BCUT2D eigenvalue weighted by Gasteiger charge is 2.23. The molecule has 0 bridgehead atoms. The van der Waals surface area contributed by atoms with Gasteiger partial charge in [-0.3, -0.25) is 14.9 Å². The summed E-state index contributed by atoms with van der Waals surface area (Å²) in [4.78, 5) is 16.8. The summed E-state index contributed by atoms with van der Waals surface area (Å²) in [7, 11) is 1.69. The maximum absolute atomic E-state index is 12.5. The maximum Gasteiger partial charge on any atom is 0.251 e. The Morgan fingerprint density at radius 3 is 2.75 bits per heavy atom. The Morgan fingerprint density at radius 2 is 1.97 bits per heavy atom. The predicted molar refractivity (Wildman–Crippen MR) is 124 cm³/mol. The number of nitrogens with zero attached hydrogens (tertiary/aromatic N) is 2. The molecule has 0 unspecified atom stereocenters. The molecular weight excluding hydrogens is 400 g/mol. The van der Waals surface area contributed by atoms with Crippen LogP contribution in [0.25, 0.3) is 22.5 Å². The molecule has 0 radical (unpaired) electrons. The van der Waals surface area contributed by atoms with Gasteiger partial charge in [-0.2, -0.15) is 5.10 Å². The molecule has 1 aliphatic carbocycles. The molecule has 0 saturated heterocycles. The van der Waals surface area contributed by atoms with Crippen LogP contribution in [0.15, 0.2) is 66.9 Å². The minimum absolute atomic E-state index is 0.0839. The zero-order chi connectivity index (χ0) is 21.9.